The number of carbonyl (C=O) groups excluding carboxylic acids is 3. The molecule has 2 heterocycles. The van der Waals surface area contributed by atoms with Crippen molar-refractivity contribution in [2.75, 3.05) is 0 Å². The number of fused-ring (bicyclic) bond motifs is 1. The minimum atomic E-state index is -1.83. The summed E-state index contributed by atoms with van der Waals surface area (Å²) in [5.74, 6) is -3.34. The van der Waals surface area contributed by atoms with E-state index >= 15 is 0 Å². The third-order valence-electron chi connectivity index (χ3n) is 9.31. The Balaban J connectivity index is 1.70. The predicted octanol–water partition coefficient (Wildman–Crippen LogP) is 2.13. The number of epoxide rings is 1. The van der Waals surface area contributed by atoms with E-state index in [4.69, 9.17) is 9.47 Å². The normalized spacial score (nSPS) is 44.3. The SMILES string of the molecule is C=C1C(C)C2C(Cc3ccccc3)NC(=O)C23C(C=CCC(C)C(=O)C(C)(O)C2OC2C3OC(C)=O)C1O. The van der Waals surface area contributed by atoms with Gasteiger partial charge in [0.1, 0.15) is 29.3 Å². The number of hydrogen-bond acceptors (Lipinski definition) is 7. The van der Waals surface area contributed by atoms with Gasteiger partial charge in [0.2, 0.25) is 5.91 Å². The summed E-state index contributed by atoms with van der Waals surface area (Å²) < 4.78 is 11.9. The molecule has 8 nitrogen and oxygen atoms in total. The molecule has 0 aromatic heterocycles. The first-order chi connectivity index (χ1) is 17.9. The van der Waals surface area contributed by atoms with Crippen LogP contribution in [0.25, 0.3) is 0 Å². The molecule has 2 aliphatic carbocycles. The first kappa shape index (κ1) is 26.8. The lowest BCUT2D eigenvalue weighted by Gasteiger charge is -2.52. The Morgan fingerprint density at radius 3 is 2.58 bits per heavy atom. The summed E-state index contributed by atoms with van der Waals surface area (Å²) in [6.45, 7) is 10.6. The molecule has 5 rings (SSSR count). The van der Waals surface area contributed by atoms with E-state index in [9.17, 15) is 24.6 Å². The van der Waals surface area contributed by atoms with Crippen LogP contribution in [0.2, 0.25) is 0 Å². The highest BCUT2D eigenvalue weighted by atomic mass is 16.6. The van der Waals surface area contributed by atoms with Crippen LogP contribution in [0.1, 0.15) is 39.7 Å². The number of amides is 1. The van der Waals surface area contributed by atoms with Crippen LogP contribution in [0, 0.1) is 29.1 Å². The molecule has 3 fully saturated rings. The molecule has 8 heteroatoms. The molecular weight excluding hydrogens is 486 g/mol. The number of ketones is 1. The fraction of sp³-hybridized carbons (Fsp3) is 0.567. The Morgan fingerprint density at radius 2 is 1.92 bits per heavy atom. The van der Waals surface area contributed by atoms with Crippen LogP contribution in [0.3, 0.4) is 0 Å². The molecule has 4 aliphatic rings. The van der Waals surface area contributed by atoms with Gasteiger partial charge in [0.15, 0.2) is 5.78 Å². The lowest BCUT2D eigenvalue weighted by atomic mass is 9.51. The zero-order chi connectivity index (χ0) is 27.6. The summed E-state index contributed by atoms with van der Waals surface area (Å²) in [7, 11) is 0. The molecule has 204 valence electrons. The number of esters is 1. The van der Waals surface area contributed by atoms with Crippen molar-refractivity contribution in [2.24, 2.45) is 29.1 Å². The second kappa shape index (κ2) is 9.43. The van der Waals surface area contributed by atoms with Gasteiger partial charge in [0.05, 0.1) is 6.10 Å². The van der Waals surface area contributed by atoms with Crippen molar-refractivity contribution in [2.45, 2.75) is 76.6 Å². The molecule has 2 saturated heterocycles. The second-order valence-electron chi connectivity index (χ2n) is 11.7. The number of hydrogen-bond donors (Lipinski definition) is 3. The van der Waals surface area contributed by atoms with Crippen molar-refractivity contribution in [3.8, 4) is 0 Å². The number of Topliss-reactive ketones (excluding diaryl/α,β-unsaturated/α-hetero) is 1. The maximum atomic E-state index is 14.3. The fourth-order valence-electron chi connectivity index (χ4n) is 7.41. The van der Waals surface area contributed by atoms with Crippen LogP contribution in [-0.4, -0.2) is 63.9 Å². The van der Waals surface area contributed by atoms with Gasteiger partial charge >= 0.3 is 5.97 Å². The molecule has 1 spiro atoms. The van der Waals surface area contributed by atoms with Gasteiger partial charge in [-0.25, -0.2) is 0 Å². The lowest BCUT2D eigenvalue weighted by molar-refractivity contribution is -0.175. The number of nitrogens with one attached hydrogen (secondary N) is 1. The molecular formula is C30H37NO7. The summed E-state index contributed by atoms with van der Waals surface area (Å²) in [4.78, 5) is 40.0. The van der Waals surface area contributed by atoms with Gasteiger partial charge in [-0.15, -0.1) is 0 Å². The molecule has 1 saturated carbocycles. The Hall–Kier alpha value is -2.81. The molecule has 38 heavy (non-hydrogen) atoms. The van der Waals surface area contributed by atoms with E-state index in [1.807, 2.05) is 37.3 Å². The molecule has 0 bridgehead atoms. The summed E-state index contributed by atoms with van der Waals surface area (Å²) in [5.41, 5.74) is -1.60. The number of benzene rings is 1. The van der Waals surface area contributed by atoms with Crippen molar-refractivity contribution in [3.63, 3.8) is 0 Å². The average molecular weight is 524 g/mol. The molecule has 0 radical (unpaired) electrons. The Bertz CT molecular complexity index is 1180. The zero-order valence-electron chi connectivity index (χ0n) is 22.3. The number of rotatable bonds is 3. The van der Waals surface area contributed by atoms with Crippen LogP contribution in [0.4, 0.5) is 0 Å². The third kappa shape index (κ3) is 3.96. The van der Waals surface area contributed by atoms with Gasteiger partial charge in [0, 0.05) is 30.7 Å². The van der Waals surface area contributed by atoms with E-state index in [0.29, 0.717) is 18.4 Å². The van der Waals surface area contributed by atoms with Crippen LogP contribution in [0.15, 0.2) is 54.6 Å². The summed E-state index contributed by atoms with van der Waals surface area (Å²) in [5, 5.41) is 26.0. The molecule has 11 unspecified atom stereocenters. The minimum Gasteiger partial charge on any atom is -0.458 e. The van der Waals surface area contributed by atoms with Crippen LogP contribution >= 0.6 is 0 Å². The first-order valence-corrected chi connectivity index (χ1v) is 13.4. The maximum absolute atomic E-state index is 14.3. The van der Waals surface area contributed by atoms with Crippen molar-refractivity contribution in [1.29, 1.82) is 0 Å². The highest BCUT2D eigenvalue weighted by Gasteiger charge is 2.74. The van der Waals surface area contributed by atoms with E-state index in [0.717, 1.165) is 5.56 Å². The summed E-state index contributed by atoms with van der Waals surface area (Å²) in [6.07, 6.45) is 0.350. The number of aliphatic hydroxyl groups is 2. The Morgan fingerprint density at radius 1 is 1.24 bits per heavy atom. The fourth-order valence-corrected chi connectivity index (χ4v) is 7.41. The molecule has 11 atom stereocenters. The van der Waals surface area contributed by atoms with Gasteiger partial charge in [-0.3, -0.25) is 14.4 Å². The highest BCUT2D eigenvalue weighted by Crippen LogP contribution is 2.61. The second-order valence-corrected chi connectivity index (χ2v) is 11.7. The maximum Gasteiger partial charge on any atom is 0.303 e. The van der Waals surface area contributed by atoms with Crippen molar-refractivity contribution < 1.29 is 34.1 Å². The average Bonchev–Trinajstić information content (AvgIpc) is 3.62. The van der Waals surface area contributed by atoms with Crippen molar-refractivity contribution in [1.82, 2.24) is 5.32 Å². The van der Waals surface area contributed by atoms with Gasteiger partial charge in [-0.05, 0) is 36.8 Å². The minimum absolute atomic E-state index is 0.302. The lowest BCUT2D eigenvalue weighted by Crippen LogP contribution is -2.62. The van der Waals surface area contributed by atoms with E-state index in [2.05, 4.69) is 11.9 Å². The quantitative estimate of drug-likeness (QED) is 0.315. The Kier molecular flexibility index (Phi) is 6.65. The number of allylic oxidation sites excluding steroid dienone is 1. The van der Waals surface area contributed by atoms with Gasteiger partial charge in [-0.2, -0.15) is 0 Å². The molecule has 1 aromatic rings. The largest absolute Gasteiger partial charge is 0.458 e. The number of aliphatic hydroxyl groups excluding tert-OH is 1. The van der Waals surface area contributed by atoms with E-state index in [1.165, 1.54) is 13.8 Å². The summed E-state index contributed by atoms with van der Waals surface area (Å²) in [6, 6.07) is 9.48. The summed E-state index contributed by atoms with van der Waals surface area (Å²) >= 11 is 0. The van der Waals surface area contributed by atoms with E-state index in [1.54, 1.807) is 19.1 Å². The topological polar surface area (TPSA) is 125 Å². The van der Waals surface area contributed by atoms with Gasteiger partial charge in [0.25, 0.3) is 0 Å². The number of ether oxygens (including phenoxy) is 2. The third-order valence-corrected chi connectivity index (χ3v) is 9.31. The van der Waals surface area contributed by atoms with E-state index < -0.39 is 59.2 Å². The monoisotopic (exact) mass is 523 g/mol. The van der Waals surface area contributed by atoms with Crippen LogP contribution in [0.5, 0.6) is 0 Å². The Labute approximate surface area is 223 Å². The van der Waals surface area contributed by atoms with Crippen molar-refractivity contribution in [3.05, 3.63) is 60.2 Å². The van der Waals surface area contributed by atoms with Crippen LogP contribution in [-0.2, 0) is 30.3 Å². The van der Waals surface area contributed by atoms with Gasteiger partial charge in [-0.1, -0.05) is 62.9 Å². The molecule has 3 N–H and O–H groups in total. The standard InChI is InChI=1S/C30H37NO7/c1-15-10-9-13-20-23(33)17(3)16(2)22-21(14-19-11-7-6-8-12-19)31-28(35)30(20,22)27(37-18(4)32)24-26(38-24)29(5,36)25(15)34/h6-9,11-13,15-16,20-24,26-27,33,36H,3,10,14H2,1-2,4-5H3,(H,31,35). The zero-order valence-corrected chi connectivity index (χ0v) is 22.3. The van der Waals surface area contributed by atoms with Crippen molar-refractivity contribution >= 4 is 17.7 Å². The van der Waals surface area contributed by atoms with E-state index in [-0.39, 0.29) is 23.7 Å². The van der Waals surface area contributed by atoms with Crippen LogP contribution < -0.4 is 5.32 Å². The molecule has 2 aliphatic heterocycles. The highest BCUT2D eigenvalue weighted by molar-refractivity contribution is 5.91. The first-order valence-electron chi connectivity index (χ1n) is 13.4. The molecule has 1 amide bonds. The predicted molar refractivity (Wildman–Crippen MR) is 139 cm³/mol. The van der Waals surface area contributed by atoms with Gasteiger partial charge < -0.3 is 25.0 Å². The number of carbonyl (C=O) groups is 3. The smallest absolute Gasteiger partial charge is 0.303 e. The molecule has 1 aromatic carbocycles.